The van der Waals surface area contributed by atoms with Crippen molar-refractivity contribution in [3.05, 3.63) is 23.8 Å². The lowest BCUT2D eigenvalue weighted by atomic mass is 10.1. The summed E-state index contributed by atoms with van der Waals surface area (Å²) in [5.74, 6) is 3.62. The van der Waals surface area contributed by atoms with E-state index < -0.39 is 0 Å². The molecule has 1 fully saturated rings. The van der Waals surface area contributed by atoms with E-state index in [1.54, 1.807) is 13.2 Å². The molecule has 1 saturated heterocycles. The number of nitrogens with zero attached hydrogens (tertiary/aromatic N) is 1. The molecule has 2 rings (SSSR count). The van der Waals surface area contributed by atoms with Crippen LogP contribution >= 0.6 is 11.8 Å². The first-order valence-electron chi connectivity index (χ1n) is 6.29. The van der Waals surface area contributed by atoms with Crippen LogP contribution < -0.4 is 9.47 Å². The highest BCUT2D eigenvalue weighted by molar-refractivity contribution is 7.99. The molecule has 1 aromatic carbocycles. The van der Waals surface area contributed by atoms with Crippen LogP contribution in [0.5, 0.6) is 11.5 Å². The lowest BCUT2D eigenvalue weighted by Crippen LogP contribution is -2.23. The zero-order chi connectivity index (χ0) is 13.5. The highest BCUT2D eigenvalue weighted by Gasteiger charge is 2.18. The Morgan fingerprint density at radius 2 is 2.42 bits per heavy atom. The number of aliphatic imine (C=N–C) groups is 1. The summed E-state index contributed by atoms with van der Waals surface area (Å²) in [5.41, 5.74) is 0.840. The Hall–Kier alpha value is -1.45. The molecular formula is C14H17NO3S. The van der Waals surface area contributed by atoms with Crippen molar-refractivity contribution in [1.82, 2.24) is 0 Å². The highest BCUT2D eigenvalue weighted by Crippen LogP contribution is 2.33. The SMILES string of the molecule is COc1c(CN=C=O)cccc1OC1CCCSC1. The third-order valence-corrected chi connectivity index (χ3v) is 4.18. The summed E-state index contributed by atoms with van der Waals surface area (Å²) in [6.45, 7) is 0.267. The van der Waals surface area contributed by atoms with E-state index in [1.807, 2.05) is 30.0 Å². The van der Waals surface area contributed by atoms with E-state index in [-0.39, 0.29) is 12.6 Å². The van der Waals surface area contributed by atoms with Gasteiger partial charge in [0.1, 0.15) is 6.10 Å². The summed E-state index contributed by atoms with van der Waals surface area (Å²) >= 11 is 1.92. The highest BCUT2D eigenvalue weighted by atomic mass is 32.2. The summed E-state index contributed by atoms with van der Waals surface area (Å²) in [7, 11) is 1.60. The van der Waals surface area contributed by atoms with E-state index in [1.165, 1.54) is 12.2 Å². The molecular weight excluding hydrogens is 262 g/mol. The predicted octanol–water partition coefficient (Wildman–Crippen LogP) is 2.81. The van der Waals surface area contributed by atoms with Crippen LogP contribution in [0.3, 0.4) is 0 Å². The average Bonchev–Trinajstić information content (AvgIpc) is 2.46. The summed E-state index contributed by atoms with van der Waals surface area (Å²) in [5, 5.41) is 0. The molecule has 0 radical (unpaired) electrons. The Labute approximate surface area is 117 Å². The van der Waals surface area contributed by atoms with E-state index in [0.717, 1.165) is 23.5 Å². The van der Waals surface area contributed by atoms with Crippen LogP contribution in [0.2, 0.25) is 0 Å². The second-order valence-electron chi connectivity index (χ2n) is 4.31. The van der Waals surface area contributed by atoms with Crippen LogP contribution in [-0.4, -0.2) is 30.8 Å². The van der Waals surface area contributed by atoms with Gasteiger partial charge in [-0.3, -0.25) is 0 Å². The summed E-state index contributed by atoms with van der Waals surface area (Å²) in [4.78, 5) is 13.8. The number of carbonyl (C=O) groups excluding carboxylic acids is 1. The smallest absolute Gasteiger partial charge is 0.235 e. The van der Waals surface area contributed by atoms with Crippen LogP contribution in [0.1, 0.15) is 18.4 Å². The molecule has 0 bridgehead atoms. The average molecular weight is 279 g/mol. The number of ether oxygens (including phenoxy) is 2. The van der Waals surface area contributed by atoms with Crippen LogP contribution in [0.4, 0.5) is 0 Å². The molecule has 0 spiro atoms. The minimum absolute atomic E-state index is 0.234. The van der Waals surface area contributed by atoms with Gasteiger partial charge in [0.2, 0.25) is 6.08 Å². The van der Waals surface area contributed by atoms with Crippen molar-refractivity contribution in [1.29, 1.82) is 0 Å². The second-order valence-corrected chi connectivity index (χ2v) is 5.46. The molecule has 0 amide bonds. The Morgan fingerprint density at radius 1 is 1.53 bits per heavy atom. The number of isocyanates is 1. The molecule has 4 nitrogen and oxygen atoms in total. The van der Waals surface area contributed by atoms with Crippen LogP contribution in [0, 0.1) is 0 Å². The lowest BCUT2D eigenvalue weighted by Gasteiger charge is -2.24. The molecule has 1 unspecified atom stereocenters. The van der Waals surface area contributed by atoms with Crippen LogP contribution in [-0.2, 0) is 11.3 Å². The van der Waals surface area contributed by atoms with Gasteiger partial charge in [-0.25, -0.2) is 9.79 Å². The minimum atomic E-state index is 0.234. The van der Waals surface area contributed by atoms with Gasteiger partial charge >= 0.3 is 0 Å². The topological polar surface area (TPSA) is 47.9 Å². The fraction of sp³-hybridized carbons (Fsp3) is 0.500. The number of para-hydroxylation sites is 1. The molecule has 0 saturated carbocycles. The van der Waals surface area contributed by atoms with Gasteiger partial charge in [0, 0.05) is 11.3 Å². The van der Waals surface area contributed by atoms with Crippen molar-refractivity contribution in [2.75, 3.05) is 18.6 Å². The molecule has 5 heteroatoms. The van der Waals surface area contributed by atoms with Crippen molar-refractivity contribution in [2.45, 2.75) is 25.5 Å². The van der Waals surface area contributed by atoms with Gasteiger partial charge in [-0.1, -0.05) is 12.1 Å². The minimum Gasteiger partial charge on any atom is -0.493 e. The van der Waals surface area contributed by atoms with Crippen molar-refractivity contribution >= 4 is 17.8 Å². The van der Waals surface area contributed by atoms with Crippen LogP contribution in [0.25, 0.3) is 0 Å². The third-order valence-electron chi connectivity index (χ3n) is 2.99. The zero-order valence-electron chi connectivity index (χ0n) is 10.9. The Morgan fingerprint density at radius 3 is 3.11 bits per heavy atom. The van der Waals surface area contributed by atoms with Gasteiger partial charge in [0.25, 0.3) is 0 Å². The summed E-state index contributed by atoms with van der Waals surface area (Å²) in [6.07, 6.45) is 4.04. The summed E-state index contributed by atoms with van der Waals surface area (Å²) < 4.78 is 11.4. The number of hydrogen-bond donors (Lipinski definition) is 0. The maximum Gasteiger partial charge on any atom is 0.235 e. The Bertz CT molecular complexity index is 466. The number of hydrogen-bond acceptors (Lipinski definition) is 5. The summed E-state index contributed by atoms with van der Waals surface area (Å²) in [6, 6.07) is 5.66. The Balaban J connectivity index is 2.16. The molecule has 1 atom stereocenters. The zero-order valence-corrected chi connectivity index (χ0v) is 11.7. The number of methoxy groups -OCH3 is 1. The Kier molecular flexibility index (Phi) is 5.31. The number of benzene rings is 1. The molecule has 0 N–H and O–H groups in total. The molecule has 1 aromatic rings. The number of thioether (sulfide) groups is 1. The quantitative estimate of drug-likeness (QED) is 0.614. The lowest BCUT2D eigenvalue weighted by molar-refractivity contribution is 0.202. The van der Waals surface area contributed by atoms with Gasteiger partial charge in [0.15, 0.2) is 11.5 Å². The predicted molar refractivity (Wildman–Crippen MR) is 75.8 cm³/mol. The molecule has 102 valence electrons. The second kappa shape index (κ2) is 7.22. The molecule has 1 aliphatic rings. The van der Waals surface area contributed by atoms with E-state index in [4.69, 9.17) is 9.47 Å². The monoisotopic (exact) mass is 279 g/mol. The van der Waals surface area contributed by atoms with E-state index in [0.29, 0.717) is 5.75 Å². The normalized spacial score (nSPS) is 18.5. The maximum atomic E-state index is 10.2. The van der Waals surface area contributed by atoms with Gasteiger partial charge in [-0.2, -0.15) is 11.8 Å². The number of rotatable bonds is 5. The molecule has 19 heavy (non-hydrogen) atoms. The molecule has 1 heterocycles. The molecule has 1 aliphatic heterocycles. The molecule has 0 aliphatic carbocycles. The maximum absolute atomic E-state index is 10.2. The van der Waals surface area contributed by atoms with Crippen molar-refractivity contribution in [2.24, 2.45) is 4.99 Å². The van der Waals surface area contributed by atoms with Gasteiger partial charge < -0.3 is 9.47 Å². The van der Waals surface area contributed by atoms with E-state index in [9.17, 15) is 4.79 Å². The van der Waals surface area contributed by atoms with E-state index in [2.05, 4.69) is 4.99 Å². The fourth-order valence-electron chi connectivity index (χ4n) is 2.11. The van der Waals surface area contributed by atoms with Gasteiger partial charge in [-0.05, 0) is 24.7 Å². The fourth-order valence-corrected chi connectivity index (χ4v) is 3.15. The van der Waals surface area contributed by atoms with Crippen molar-refractivity contribution in [3.8, 4) is 11.5 Å². The largest absolute Gasteiger partial charge is 0.493 e. The standard InChI is InChI=1S/C14H17NO3S/c1-17-14-11(8-15-10-16)4-2-6-13(14)18-12-5-3-7-19-9-12/h2,4,6,12H,3,5,7-9H2,1H3. The van der Waals surface area contributed by atoms with Gasteiger partial charge in [-0.15, -0.1) is 0 Å². The van der Waals surface area contributed by atoms with Gasteiger partial charge in [0.05, 0.1) is 13.7 Å². The third kappa shape index (κ3) is 3.75. The van der Waals surface area contributed by atoms with Crippen molar-refractivity contribution in [3.63, 3.8) is 0 Å². The van der Waals surface area contributed by atoms with E-state index >= 15 is 0 Å². The van der Waals surface area contributed by atoms with Crippen LogP contribution in [0.15, 0.2) is 23.2 Å². The molecule has 0 aromatic heterocycles. The first-order valence-corrected chi connectivity index (χ1v) is 7.44. The van der Waals surface area contributed by atoms with Crippen molar-refractivity contribution < 1.29 is 14.3 Å². The first kappa shape index (κ1) is 14.0. The first-order chi connectivity index (χ1) is 9.35.